The second-order valence-corrected chi connectivity index (χ2v) is 9.20. The zero-order valence-corrected chi connectivity index (χ0v) is 19.0. The predicted octanol–water partition coefficient (Wildman–Crippen LogP) is 5.82. The van der Waals surface area contributed by atoms with Gasteiger partial charge in [0.2, 0.25) is 5.78 Å². The van der Waals surface area contributed by atoms with E-state index in [-0.39, 0.29) is 17.8 Å². The van der Waals surface area contributed by atoms with Crippen LogP contribution in [0.15, 0.2) is 61.3 Å². The van der Waals surface area contributed by atoms with E-state index in [0.29, 0.717) is 40.8 Å². The average Bonchev–Trinajstić information content (AvgIpc) is 3.61. The third kappa shape index (κ3) is 3.41. The van der Waals surface area contributed by atoms with Gasteiger partial charge in [-0.2, -0.15) is 0 Å². The van der Waals surface area contributed by atoms with Gasteiger partial charge in [0.15, 0.2) is 0 Å². The van der Waals surface area contributed by atoms with Gasteiger partial charge in [0, 0.05) is 24.0 Å². The van der Waals surface area contributed by atoms with Crippen LogP contribution in [0.5, 0.6) is 0 Å². The molecule has 170 valence electrons. The summed E-state index contributed by atoms with van der Waals surface area (Å²) in [5.41, 5.74) is 5.53. The first-order valence-corrected chi connectivity index (χ1v) is 11.7. The molecule has 6 rings (SSSR count). The number of nitrogens with zero attached hydrogens (tertiary/aromatic N) is 4. The molecular weight excluding hydrogens is 427 g/mol. The lowest BCUT2D eigenvalue weighted by Gasteiger charge is -2.35. The minimum Gasteiger partial charge on any atom is -0.330 e. The van der Waals surface area contributed by atoms with Gasteiger partial charge in [-0.05, 0) is 67.0 Å². The number of hydrogen-bond acceptors (Lipinski definition) is 3. The first-order chi connectivity index (χ1) is 16.5. The van der Waals surface area contributed by atoms with Gasteiger partial charge in [-0.3, -0.25) is 9.20 Å². The smallest absolute Gasteiger partial charge is 0.273 e. The minimum atomic E-state index is -0.356. The molecule has 0 bridgehead atoms. The van der Waals surface area contributed by atoms with Crippen LogP contribution in [0.25, 0.3) is 23.1 Å². The summed E-state index contributed by atoms with van der Waals surface area (Å²) in [6.45, 7) is 6.42. The quantitative estimate of drug-likeness (QED) is 0.392. The van der Waals surface area contributed by atoms with Crippen molar-refractivity contribution in [3.8, 4) is 11.3 Å². The van der Waals surface area contributed by atoms with E-state index in [1.807, 2.05) is 39.8 Å². The molecule has 2 aromatic carbocycles. The largest absolute Gasteiger partial charge is 0.330 e. The lowest BCUT2D eigenvalue weighted by molar-refractivity contribution is 0.0671. The highest BCUT2D eigenvalue weighted by Crippen LogP contribution is 2.41. The second-order valence-electron chi connectivity index (χ2n) is 9.20. The first-order valence-electron chi connectivity index (χ1n) is 11.7. The van der Waals surface area contributed by atoms with Gasteiger partial charge in [0.25, 0.3) is 5.91 Å². The summed E-state index contributed by atoms with van der Waals surface area (Å²) < 4.78 is 16.7. The molecule has 2 aliphatic rings. The van der Waals surface area contributed by atoms with Gasteiger partial charge in [-0.1, -0.05) is 43.0 Å². The van der Waals surface area contributed by atoms with Gasteiger partial charge >= 0.3 is 0 Å². The summed E-state index contributed by atoms with van der Waals surface area (Å²) >= 11 is 0. The number of carbonyl (C=O) groups is 1. The van der Waals surface area contributed by atoms with Crippen LogP contribution in [0.2, 0.25) is 0 Å². The van der Waals surface area contributed by atoms with Crippen LogP contribution in [-0.4, -0.2) is 31.7 Å². The molecule has 1 fully saturated rings. The first kappa shape index (κ1) is 20.8. The predicted molar refractivity (Wildman–Crippen MR) is 130 cm³/mol. The molecule has 2 aromatic heterocycles. The highest BCUT2D eigenvalue weighted by molar-refractivity contribution is 5.93. The number of amides is 1. The highest BCUT2D eigenvalue weighted by Gasteiger charge is 2.32. The Bertz CT molecular complexity index is 1450. The van der Waals surface area contributed by atoms with Crippen LogP contribution in [-0.2, 0) is 6.42 Å². The zero-order chi connectivity index (χ0) is 23.4. The molecule has 1 atom stereocenters. The average molecular weight is 453 g/mol. The van der Waals surface area contributed by atoms with Crippen molar-refractivity contribution in [2.24, 2.45) is 0 Å². The summed E-state index contributed by atoms with van der Waals surface area (Å²) in [6, 6.07) is 15.2. The second kappa shape index (κ2) is 7.90. The Hall–Kier alpha value is -3.80. The molecular formula is C28H25FN4O. The number of carbonyl (C=O) groups excluding carboxylic acids is 1. The van der Waals surface area contributed by atoms with Crippen molar-refractivity contribution in [3.63, 3.8) is 0 Å². The van der Waals surface area contributed by atoms with Crippen molar-refractivity contribution >= 4 is 17.8 Å². The molecule has 0 N–H and O–H groups in total. The van der Waals surface area contributed by atoms with Crippen LogP contribution in [0.1, 0.15) is 64.6 Å². The lowest BCUT2D eigenvalue weighted by Crippen LogP contribution is -2.39. The zero-order valence-electron chi connectivity index (χ0n) is 19.0. The molecule has 5 nitrogen and oxygen atoms in total. The Morgan fingerprint density at radius 3 is 2.74 bits per heavy atom. The molecule has 0 radical (unpaired) electrons. The molecule has 0 unspecified atom stereocenters. The maximum Gasteiger partial charge on any atom is 0.273 e. The number of hydrogen-bond donors (Lipinski definition) is 0. The Labute approximate surface area is 197 Å². The number of halogens is 1. The van der Waals surface area contributed by atoms with Crippen molar-refractivity contribution < 1.29 is 9.18 Å². The summed E-state index contributed by atoms with van der Waals surface area (Å²) in [5.74, 6) is 0.356. The van der Waals surface area contributed by atoms with E-state index < -0.39 is 0 Å². The molecule has 0 spiro atoms. The van der Waals surface area contributed by atoms with Crippen molar-refractivity contribution in [2.75, 3.05) is 6.54 Å². The Morgan fingerprint density at radius 2 is 1.97 bits per heavy atom. The normalized spacial score (nSPS) is 17.6. The van der Waals surface area contributed by atoms with Crippen molar-refractivity contribution in [1.29, 1.82) is 0 Å². The molecule has 6 heteroatoms. The van der Waals surface area contributed by atoms with E-state index in [0.717, 1.165) is 25.0 Å². The minimum absolute atomic E-state index is 0.0207. The van der Waals surface area contributed by atoms with Crippen LogP contribution < -0.4 is 0 Å². The van der Waals surface area contributed by atoms with Gasteiger partial charge in [-0.25, -0.2) is 14.4 Å². The lowest BCUT2D eigenvalue weighted by atomic mass is 9.93. The van der Waals surface area contributed by atoms with E-state index in [9.17, 15) is 9.18 Å². The van der Waals surface area contributed by atoms with E-state index in [1.54, 1.807) is 12.1 Å². The summed E-state index contributed by atoms with van der Waals surface area (Å²) in [7, 11) is 0. The number of aromatic nitrogens is 3. The third-order valence-electron chi connectivity index (χ3n) is 7.05. The number of fused-ring (bicyclic) bond motifs is 2. The fraction of sp³-hybridized carbons (Fsp3) is 0.250. The number of imidazole rings is 1. The van der Waals surface area contributed by atoms with Gasteiger partial charge in [-0.15, -0.1) is 0 Å². The number of rotatable bonds is 4. The number of benzene rings is 2. The maximum atomic E-state index is 14.8. The molecule has 0 saturated heterocycles. The molecule has 34 heavy (non-hydrogen) atoms. The van der Waals surface area contributed by atoms with E-state index in [1.165, 1.54) is 17.2 Å². The van der Waals surface area contributed by atoms with Crippen LogP contribution in [0.3, 0.4) is 0 Å². The molecule has 1 aliphatic carbocycles. The third-order valence-corrected chi connectivity index (χ3v) is 7.05. The summed E-state index contributed by atoms with van der Waals surface area (Å²) in [6.07, 6.45) is 6.40. The molecule has 4 aromatic rings. The summed E-state index contributed by atoms with van der Waals surface area (Å²) in [5, 5.41) is 0. The summed E-state index contributed by atoms with van der Waals surface area (Å²) in [4.78, 5) is 24.8. The van der Waals surface area contributed by atoms with E-state index in [2.05, 4.69) is 35.6 Å². The van der Waals surface area contributed by atoms with Gasteiger partial charge < -0.3 is 4.90 Å². The topological polar surface area (TPSA) is 50.5 Å². The molecule has 1 amide bonds. The van der Waals surface area contributed by atoms with E-state index in [4.69, 9.17) is 0 Å². The standard InChI is InChI=1S/C28H25FN4O/c1-3-18-8-11-22(23(29)14-18)25-16-33-26(20-9-10-20)15-24(30-28(33)31-25)27(34)32-13-12-19-6-4-5-7-21(19)17(32)2/h3-8,11,14-17,20H,1,9-10,12-13H2,2H3/t17-/m1/s1. The Balaban J connectivity index is 1.41. The fourth-order valence-corrected chi connectivity index (χ4v) is 4.98. The van der Waals surface area contributed by atoms with Gasteiger partial charge in [0.05, 0.1) is 11.7 Å². The monoisotopic (exact) mass is 452 g/mol. The van der Waals surface area contributed by atoms with Crippen molar-refractivity contribution in [2.45, 2.75) is 38.1 Å². The Morgan fingerprint density at radius 1 is 1.15 bits per heavy atom. The molecule has 1 aliphatic heterocycles. The van der Waals surface area contributed by atoms with Crippen LogP contribution in [0.4, 0.5) is 4.39 Å². The van der Waals surface area contributed by atoms with Crippen molar-refractivity contribution in [3.05, 3.63) is 95.2 Å². The highest BCUT2D eigenvalue weighted by atomic mass is 19.1. The van der Waals surface area contributed by atoms with E-state index >= 15 is 0 Å². The van der Waals surface area contributed by atoms with Gasteiger partial charge in [0.1, 0.15) is 11.5 Å². The molecule has 1 saturated carbocycles. The van der Waals surface area contributed by atoms with Crippen LogP contribution in [0, 0.1) is 5.82 Å². The SMILES string of the molecule is C=Cc1ccc(-c2cn3c(C4CC4)cc(C(=O)N4CCc5ccccc5[C@H]4C)nc3n2)c(F)c1. The molecule has 3 heterocycles. The maximum absolute atomic E-state index is 14.8. The Kier molecular flexibility index (Phi) is 4.83. The van der Waals surface area contributed by atoms with Crippen LogP contribution >= 0.6 is 0 Å². The van der Waals surface area contributed by atoms with Crippen molar-refractivity contribution in [1.82, 2.24) is 19.3 Å². The fourth-order valence-electron chi connectivity index (χ4n) is 4.98.